The summed E-state index contributed by atoms with van der Waals surface area (Å²) in [6.45, 7) is 4.51. The third-order valence-corrected chi connectivity index (χ3v) is 5.29. The summed E-state index contributed by atoms with van der Waals surface area (Å²) in [5.74, 6) is 0.178. The SMILES string of the molecule is O=C(c1cc2n(n1)CCCC2)N1CCN(C(=O)[C@@H]2CCOC2)CC1. The minimum Gasteiger partial charge on any atom is -0.381 e. The molecule has 0 saturated carbocycles. The lowest BCUT2D eigenvalue weighted by Crippen LogP contribution is -2.52. The maximum Gasteiger partial charge on any atom is 0.274 e. The van der Waals surface area contributed by atoms with Crippen LogP contribution in [0.25, 0.3) is 0 Å². The maximum absolute atomic E-state index is 12.7. The van der Waals surface area contributed by atoms with E-state index in [4.69, 9.17) is 4.74 Å². The summed E-state index contributed by atoms with van der Waals surface area (Å²) in [6.07, 6.45) is 4.13. The van der Waals surface area contributed by atoms with Gasteiger partial charge in [-0.1, -0.05) is 0 Å². The number of carbonyl (C=O) groups is 2. The molecule has 2 amide bonds. The predicted molar refractivity (Wildman–Crippen MR) is 86.6 cm³/mol. The van der Waals surface area contributed by atoms with Crippen LogP contribution in [0.15, 0.2) is 6.07 Å². The van der Waals surface area contributed by atoms with Gasteiger partial charge in [0.2, 0.25) is 5.91 Å². The second-order valence-corrected chi connectivity index (χ2v) is 6.88. The van der Waals surface area contributed by atoms with Crippen molar-refractivity contribution in [2.24, 2.45) is 5.92 Å². The summed E-state index contributed by atoms with van der Waals surface area (Å²) in [5.41, 5.74) is 1.72. The van der Waals surface area contributed by atoms with Gasteiger partial charge >= 0.3 is 0 Å². The number of nitrogens with zero attached hydrogens (tertiary/aromatic N) is 4. The molecule has 0 radical (unpaired) electrons. The molecule has 0 aliphatic carbocycles. The molecule has 0 unspecified atom stereocenters. The van der Waals surface area contributed by atoms with Gasteiger partial charge in [0.25, 0.3) is 5.91 Å². The van der Waals surface area contributed by atoms with Gasteiger partial charge in [-0.15, -0.1) is 0 Å². The molecular formula is C17H24N4O3. The number of hydrogen-bond acceptors (Lipinski definition) is 4. The zero-order valence-corrected chi connectivity index (χ0v) is 13.9. The Morgan fingerprint density at radius 1 is 1.08 bits per heavy atom. The average Bonchev–Trinajstić information content (AvgIpc) is 3.30. The quantitative estimate of drug-likeness (QED) is 0.793. The van der Waals surface area contributed by atoms with Gasteiger partial charge in [0, 0.05) is 45.0 Å². The van der Waals surface area contributed by atoms with Crippen LogP contribution >= 0.6 is 0 Å². The van der Waals surface area contributed by atoms with Crippen LogP contribution in [0.1, 0.15) is 35.4 Å². The van der Waals surface area contributed by atoms with Gasteiger partial charge in [0.05, 0.1) is 12.5 Å². The third kappa shape index (κ3) is 2.92. The summed E-state index contributed by atoms with van der Waals surface area (Å²) < 4.78 is 7.27. The number of ether oxygens (including phenoxy) is 1. The summed E-state index contributed by atoms with van der Waals surface area (Å²) in [5, 5.41) is 4.47. The monoisotopic (exact) mass is 332 g/mol. The Labute approximate surface area is 141 Å². The molecule has 7 nitrogen and oxygen atoms in total. The highest BCUT2D eigenvalue weighted by Gasteiger charge is 2.32. The first kappa shape index (κ1) is 15.6. The topological polar surface area (TPSA) is 67.7 Å². The van der Waals surface area contributed by atoms with Crippen molar-refractivity contribution >= 4 is 11.8 Å². The van der Waals surface area contributed by atoms with Crippen LogP contribution < -0.4 is 0 Å². The normalized spacial score (nSPS) is 24.1. The van der Waals surface area contributed by atoms with Crippen molar-refractivity contribution in [3.8, 4) is 0 Å². The highest BCUT2D eigenvalue weighted by Crippen LogP contribution is 2.19. The van der Waals surface area contributed by atoms with E-state index < -0.39 is 0 Å². The second-order valence-electron chi connectivity index (χ2n) is 6.88. The lowest BCUT2D eigenvalue weighted by atomic mass is 10.1. The summed E-state index contributed by atoms with van der Waals surface area (Å²) in [4.78, 5) is 28.8. The van der Waals surface area contributed by atoms with E-state index in [1.807, 2.05) is 20.5 Å². The number of hydrogen-bond donors (Lipinski definition) is 0. The van der Waals surface area contributed by atoms with Crippen molar-refractivity contribution in [3.05, 3.63) is 17.5 Å². The molecule has 1 atom stereocenters. The summed E-state index contributed by atoms with van der Waals surface area (Å²) >= 11 is 0. The standard InChI is InChI=1S/C17H24N4O3/c22-16(13-4-10-24-12-13)19-6-8-20(9-7-19)17(23)15-11-14-3-1-2-5-21(14)18-15/h11,13H,1-10,12H2/t13-/m1/s1. The summed E-state index contributed by atoms with van der Waals surface area (Å²) in [6, 6.07) is 1.94. The molecule has 7 heteroatoms. The van der Waals surface area contributed by atoms with E-state index in [1.54, 1.807) is 0 Å². The molecule has 0 spiro atoms. The fourth-order valence-electron chi connectivity index (χ4n) is 3.80. The van der Waals surface area contributed by atoms with Gasteiger partial charge in [-0.25, -0.2) is 0 Å². The van der Waals surface area contributed by atoms with Gasteiger partial charge in [0.15, 0.2) is 5.69 Å². The number of aromatic nitrogens is 2. The molecular weight excluding hydrogens is 308 g/mol. The molecule has 0 aromatic carbocycles. The van der Waals surface area contributed by atoms with Crippen molar-refractivity contribution < 1.29 is 14.3 Å². The molecule has 0 bridgehead atoms. The fourth-order valence-corrected chi connectivity index (χ4v) is 3.80. The van der Waals surface area contributed by atoms with Crippen LogP contribution in [-0.4, -0.2) is 70.8 Å². The minimum atomic E-state index is -0.00630. The largest absolute Gasteiger partial charge is 0.381 e. The molecule has 3 aliphatic heterocycles. The molecule has 2 fully saturated rings. The zero-order valence-electron chi connectivity index (χ0n) is 13.9. The van der Waals surface area contributed by atoms with E-state index in [-0.39, 0.29) is 17.7 Å². The molecule has 0 N–H and O–H groups in total. The van der Waals surface area contributed by atoms with E-state index in [9.17, 15) is 9.59 Å². The van der Waals surface area contributed by atoms with Gasteiger partial charge in [-0.2, -0.15) is 5.10 Å². The van der Waals surface area contributed by atoms with E-state index in [2.05, 4.69) is 5.10 Å². The number of aryl methyl sites for hydroxylation is 2. The van der Waals surface area contributed by atoms with Crippen molar-refractivity contribution in [1.82, 2.24) is 19.6 Å². The van der Waals surface area contributed by atoms with Crippen LogP contribution in [0.3, 0.4) is 0 Å². The Balaban J connectivity index is 1.36. The van der Waals surface area contributed by atoms with Crippen LogP contribution in [0.2, 0.25) is 0 Å². The molecule has 1 aromatic heterocycles. The Morgan fingerprint density at radius 3 is 2.58 bits per heavy atom. The average molecular weight is 332 g/mol. The zero-order chi connectivity index (χ0) is 16.5. The molecule has 130 valence electrons. The molecule has 4 heterocycles. The molecule has 24 heavy (non-hydrogen) atoms. The van der Waals surface area contributed by atoms with Gasteiger partial charge in [-0.05, 0) is 31.7 Å². The predicted octanol–water partition coefficient (Wildman–Crippen LogP) is 0.540. The number of fused-ring (bicyclic) bond motifs is 1. The van der Waals surface area contributed by atoms with Crippen LogP contribution in [0.4, 0.5) is 0 Å². The van der Waals surface area contributed by atoms with Gasteiger partial charge in [-0.3, -0.25) is 14.3 Å². The number of carbonyl (C=O) groups excluding carboxylic acids is 2. The maximum atomic E-state index is 12.7. The summed E-state index contributed by atoms with van der Waals surface area (Å²) in [7, 11) is 0. The second kappa shape index (κ2) is 6.55. The van der Waals surface area contributed by atoms with Crippen LogP contribution in [0.5, 0.6) is 0 Å². The van der Waals surface area contributed by atoms with E-state index in [1.165, 1.54) is 12.1 Å². The fraction of sp³-hybridized carbons (Fsp3) is 0.706. The first-order valence-corrected chi connectivity index (χ1v) is 8.95. The van der Waals surface area contributed by atoms with Gasteiger partial charge < -0.3 is 14.5 Å². The molecule has 1 aromatic rings. The van der Waals surface area contributed by atoms with Crippen LogP contribution in [-0.2, 0) is 22.5 Å². The molecule has 4 rings (SSSR count). The van der Waals surface area contributed by atoms with E-state index in [0.29, 0.717) is 45.1 Å². The Bertz CT molecular complexity index is 604. The first-order chi connectivity index (χ1) is 11.7. The number of amides is 2. The van der Waals surface area contributed by atoms with Crippen molar-refractivity contribution in [2.45, 2.75) is 32.2 Å². The number of rotatable bonds is 2. The van der Waals surface area contributed by atoms with E-state index >= 15 is 0 Å². The minimum absolute atomic E-state index is 0.00630. The van der Waals surface area contributed by atoms with E-state index in [0.717, 1.165) is 25.8 Å². The van der Waals surface area contributed by atoms with Crippen LogP contribution in [0, 0.1) is 5.92 Å². The number of piperazine rings is 1. The smallest absolute Gasteiger partial charge is 0.274 e. The Morgan fingerprint density at radius 2 is 1.88 bits per heavy atom. The van der Waals surface area contributed by atoms with Crippen molar-refractivity contribution in [3.63, 3.8) is 0 Å². The first-order valence-electron chi connectivity index (χ1n) is 8.95. The van der Waals surface area contributed by atoms with Gasteiger partial charge in [0.1, 0.15) is 0 Å². The third-order valence-electron chi connectivity index (χ3n) is 5.29. The lowest BCUT2D eigenvalue weighted by molar-refractivity contribution is -0.137. The molecule has 2 saturated heterocycles. The molecule has 3 aliphatic rings. The Kier molecular flexibility index (Phi) is 4.26. The highest BCUT2D eigenvalue weighted by molar-refractivity contribution is 5.92. The van der Waals surface area contributed by atoms with Crippen molar-refractivity contribution in [1.29, 1.82) is 0 Å². The van der Waals surface area contributed by atoms with Crippen molar-refractivity contribution in [2.75, 3.05) is 39.4 Å². The Hall–Kier alpha value is -1.89. The highest BCUT2D eigenvalue weighted by atomic mass is 16.5. The lowest BCUT2D eigenvalue weighted by Gasteiger charge is -2.35.